The van der Waals surface area contributed by atoms with Crippen LogP contribution in [0.15, 0.2) is 36.4 Å². The highest BCUT2D eigenvalue weighted by Gasteiger charge is 2.21. The summed E-state index contributed by atoms with van der Waals surface area (Å²) in [6.07, 6.45) is 3.36. The zero-order chi connectivity index (χ0) is 15.4. The van der Waals surface area contributed by atoms with Crippen molar-refractivity contribution in [3.63, 3.8) is 0 Å². The molecule has 22 heavy (non-hydrogen) atoms. The molecule has 0 radical (unpaired) electrons. The Morgan fingerprint density at radius 1 is 1.05 bits per heavy atom. The molecule has 0 N–H and O–H groups in total. The smallest absolute Gasteiger partial charge is 0.254 e. The van der Waals surface area contributed by atoms with Gasteiger partial charge in [-0.15, -0.1) is 10.2 Å². The van der Waals surface area contributed by atoms with E-state index in [1.54, 1.807) is 13.2 Å². The van der Waals surface area contributed by atoms with E-state index in [2.05, 4.69) is 10.2 Å². The molecule has 5 heteroatoms. The van der Waals surface area contributed by atoms with Crippen LogP contribution in [-0.2, 0) is 0 Å². The van der Waals surface area contributed by atoms with Crippen LogP contribution < -0.4 is 4.74 Å². The van der Waals surface area contributed by atoms with Gasteiger partial charge < -0.3 is 9.64 Å². The van der Waals surface area contributed by atoms with E-state index in [9.17, 15) is 4.79 Å². The molecule has 1 aromatic carbocycles. The third kappa shape index (κ3) is 2.93. The van der Waals surface area contributed by atoms with Crippen molar-refractivity contribution in [1.82, 2.24) is 15.1 Å². The average Bonchev–Trinajstić information content (AvgIpc) is 2.62. The maximum Gasteiger partial charge on any atom is 0.254 e. The van der Waals surface area contributed by atoms with Gasteiger partial charge in [0.25, 0.3) is 5.91 Å². The predicted molar refractivity (Wildman–Crippen MR) is 83.8 cm³/mol. The summed E-state index contributed by atoms with van der Waals surface area (Å²) in [6, 6.07) is 11.1. The van der Waals surface area contributed by atoms with E-state index in [0.29, 0.717) is 17.1 Å². The summed E-state index contributed by atoms with van der Waals surface area (Å²) in [5, 5.41) is 8.15. The maximum atomic E-state index is 12.8. The zero-order valence-electron chi connectivity index (χ0n) is 12.7. The van der Waals surface area contributed by atoms with Crippen molar-refractivity contribution in [3.05, 3.63) is 42.0 Å². The Hall–Kier alpha value is -2.43. The molecule has 0 unspecified atom stereocenters. The molecule has 0 atom stereocenters. The fraction of sp³-hybridized carbons (Fsp3) is 0.353. The Morgan fingerprint density at radius 3 is 2.50 bits per heavy atom. The summed E-state index contributed by atoms with van der Waals surface area (Å²) < 4.78 is 5.03. The lowest BCUT2D eigenvalue weighted by Crippen LogP contribution is -2.35. The van der Waals surface area contributed by atoms with Crippen LogP contribution >= 0.6 is 0 Å². The first-order valence-corrected chi connectivity index (χ1v) is 7.56. The normalized spacial score (nSPS) is 14.7. The number of aromatic nitrogens is 2. The molecule has 0 spiro atoms. The Bertz CT molecular complexity index is 649. The molecule has 0 aliphatic carbocycles. The first-order chi connectivity index (χ1) is 10.8. The van der Waals surface area contributed by atoms with E-state index in [-0.39, 0.29) is 5.91 Å². The molecule has 1 saturated heterocycles. The van der Waals surface area contributed by atoms with Crippen molar-refractivity contribution in [2.45, 2.75) is 19.3 Å². The lowest BCUT2D eigenvalue weighted by atomic mass is 10.0. The molecule has 114 valence electrons. The minimum absolute atomic E-state index is 0.0768. The zero-order valence-corrected chi connectivity index (χ0v) is 12.7. The fourth-order valence-corrected chi connectivity index (χ4v) is 2.73. The largest absolute Gasteiger partial charge is 0.480 e. The molecule has 2 aromatic rings. The van der Waals surface area contributed by atoms with Crippen molar-refractivity contribution >= 4 is 5.91 Å². The molecule has 1 fully saturated rings. The highest BCUT2D eigenvalue weighted by atomic mass is 16.5. The lowest BCUT2D eigenvalue weighted by Gasteiger charge is -2.27. The van der Waals surface area contributed by atoms with Crippen molar-refractivity contribution in [1.29, 1.82) is 0 Å². The third-order valence-electron chi connectivity index (χ3n) is 3.93. The van der Waals surface area contributed by atoms with Crippen LogP contribution in [-0.4, -0.2) is 41.2 Å². The van der Waals surface area contributed by atoms with Crippen LogP contribution in [0.1, 0.15) is 29.6 Å². The Morgan fingerprint density at radius 2 is 1.82 bits per heavy atom. The van der Waals surface area contributed by atoms with Gasteiger partial charge in [0, 0.05) is 30.3 Å². The molecule has 1 amide bonds. The number of amides is 1. The fourth-order valence-electron chi connectivity index (χ4n) is 2.73. The Labute approximate surface area is 129 Å². The average molecular weight is 297 g/mol. The molecule has 0 bridgehead atoms. The van der Waals surface area contributed by atoms with Gasteiger partial charge in [-0.3, -0.25) is 4.79 Å². The maximum absolute atomic E-state index is 12.8. The van der Waals surface area contributed by atoms with Crippen molar-refractivity contribution < 1.29 is 9.53 Å². The summed E-state index contributed by atoms with van der Waals surface area (Å²) in [4.78, 5) is 14.7. The SMILES string of the molecule is COc1ccc(-c2ccccc2C(=O)N2CCCCC2)nn1. The highest BCUT2D eigenvalue weighted by Crippen LogP contribution is 2.24. The summed E-state index contributed by atoms with van der Waals surface area (Å²) in [6.45, 7) is 1.67. The molecule has 1 aliphatic rings. The predicted octanol–water partition coefficient (Wildman–Crippen LogP) is 2.78. The number of methoxy groups -OCH3 is 1. The van der Waals surface area contributed by atoms with E-state index < -0.39 is 0 Å². The van der Waals surface area contributed by atoms with Gasteiger partial charge in [-0.25, -0.2) is 0 Å². The van der Waals surface area contributed by atoms with Crippen LogP contribution in [0.5, 0.6) is 5.88 Å². The number of likely N-dealkylation sites (tertiary alicyclic amines) is 1. The third-order valence-corrected chi connectivity index (χ3v) is 3.93. The summed E-state index contributed by atoms with van der Waals surface area (Å²) in [5.74, 6) is 0.538. The van der Waals surface area contributed by atoms with Crippen molar-refractivity contribution in [2.24, 2.45) is 0 Å². The number of piperidine rings is 1. The number of nitrogens with zero attached hydrogens (tertiary/aromatic N) is 3. The van der Waals surface area contributed by atoms with Crippen molar-refractivity contribution in [3.8, 4) is 17.1 Å². The standard InChI is InChI=1S/C17H19N3O2/c1-22-16-10-9-15(18-19-16)13-7-3-4-8-14(13)17(21)20-11-5-2-6-12-20/h3-4,7-10H,2,5-6,11-12H2,1H3. The van der Waals surface area contributed by atoms with Gasteiger partial charge in [0.05, 0.1) is 12.8 Å². The van der Waals surface area contributed by atoms with Gasteiger partial charge in [-0.2, -0.15) is 0 Å². The summed E-state index contributed by atoms with van der Waals surface area (Å²) >= 11 is 0. The molecule has 0 saturated carbocycles. The number of rotatable bonds is 3. The van der Waals surface area contributed by atoms with Crippen LogP contribution in [0.3, 0.4) is 0 Å². The van der Waals surface area contributed by atoms with Gasteiger partial charge in [0.1, 0.15) is 0 Å². The second-order valence-corrected chi connectivity index (χ2v) is 5.36. The second-order valence-electron chi connectivity index (χ2n) is 5.36. The number of benzene rings is 1. The molecule has 5 nitrogen and oxygen atoms in total. The minimum atomic E-state index is 0.0768. The van der Waals surface area contributed by atoms with E-state index in [4.69, 9.17) is 4.74 Å². The van der Waals surface area contributed by atoms with E-state index in [1.165, 1.54) is 6.42 Å². The van der Waals surface area contributed by atoms with Gasteiger partial charge in [-0.05, 0) is 31.4 Å². The number of hydrogen-bond donors (Lipinski definition) is 0. The Balaban J connectivity index is 1.93. The first-order valence-electron chi connectivity index (χ1n) is 7.56. The van der Waals surface area contributed by atoms with Crippen LogP contribution in [0.25, 0.3) is 11.3 Å². The molecular formula is C17H19N3O2. The van der Waals surface area contributed by atoms with Gasteiger partial charge in [0.2, 0.25) is 5.88 Å². The molecular weight excluding hydrogens is 278 g/mol. The lowest BCUT2D eigenvalue weighted by molar-refractivity contribution is 0.0725. The number of ether oxygens (including phenoxy) is 1. The van der Waals surface area contributed by atoms with E-state index in [0.717, 1.165) is 31.5 Å². The summed E-state index contributed by atoms with van der Waals surface area (Å²) in [7, 11) is 1.55. The quantitative estimate of drug-likeness (QED) is 0.874. The second kappa shape index (κ2) is 6.56. The molecule has 1 aliphatic heterocycles. The van der Waals surface area contributed by atoms with Gasteiger partial charge >= 0.3 is 0 Å². The number of hydrogen-bond acceptors (Lipinski definition) is 4. The van der Waals surface area contributed by atoms with E-state index >= 15 is 0 Å². The monoisotopic (exact) mass is 297 g/mol. The van der Waals surface area contributed by atoms with Crippen LogP contribution in [0.4, 0.5) is 0 Å². The molecule has 2 heterocycles. The number of carbonyl (C=O) groups excluding carboxylic acids is 1. The minimum Gasteiger partial charge on any atom is -0.480 e. The summed E-state index contributed by atoms with van der Waals surface area (Å²) in [5.41, 5.74) is 2.18. The highest BCUT2D eigenvalue weighted by molar-refractivity contribution is 6.00. The van der Waals surface area contributed by atoms with Crippen LogP contribution in [0.2, 0.25) is 0 Å². The molecule has 3 rings (SSSR count). The van der Waals surface area contributed by atoms with Gasteiger partial charge in [0.15, 0.2) is 0 Å². The first kappa shape index (κ1) is 14.5. The van der Waals surface area contributed by atoms with Crippen LogP contribution in [0, 0.1) is 0 Å². The van der Waals surface area contributed by atoms with E-state index in [1.807, 2.05) is 35.2 Å². The topological polar surface area (TPSA) is 55.3 Å². The molecule has 1 aromatic heterocycles. The Kier molecular flexibility index (Phi) is 4.32. The van der Waals surface area contributed by atoms with Gasteiger partial charge in [-0.1, -0.05) is 18.2 Å². The number of carbonyl (C=O) groups is 1. The van der Waals surface area contributed by atoms with Crippen molar-refractivity contribution in [2.75, 3.05) is 20.2 Å².